The lowest BCUT2D eigenvalue weighted by molar-refractivity contribution is 0.487. The highest BCUT2D eigenvalue weighted by Crippen LogP contribution is 2.03. The van der Waals surface area contributed by atoms with Crippen molar-refractivity contribution < 1.29 is 9.15 Å². The van der Waals surface area contributed by atoms with Crippen molar-refractivity contribution in [3.8, 4) is 0 Å². The van der Waals surface area contributed by atoms with E-state index in [2.05, 4.69) is 6.58 Å². The molecular weight excluding hydrogens is 148 g/mol. The first kappa shape index (κ1) is 7.02. The second-order valence-corrected chi connectivity index (χ2v) is 1.95. The number of thiocarbonyl (C=S) groups is 1. The summed E-state index contributed by atoms with van der Waals surface area (Å²) in [5, 5.41) is 0.378. The number of furan rings is 1. The van der Waals surface area contributed by atoms with Crippen LogP contribution in [-0.2, 0) is 4.74 Å². The quantitative estimate of drug-likeness (QED) is 0.481. The predicted octanol–water partition coefficient (Wildman–Crippen LogP) is 2.12. The van der Waals surface area contributed by atoms with Crippen LogP contribution in [-0.4, -0.2) is 5.05 Å². The van der Waals surface area contributed by atoms with Gasteiger partial charge in [0, 0.05) is 0 Å². The Kier molecular flexibility index (Phi) is 2.23. The minimum Gasteiger partial charge on any atom is -0.472 e. The van der Waals surface area contributed by atoms with Crippen LogP contribution in [0.3, 0.4) is 0 Å². The Hall–Kier alpha value is -1.09. The van der Waals surface area contributed by atoms with Crippen LogP contribution in [0.25, 0.3) is 0 Å². The molecule has 10 heavy (non-hydrogen) atoms. The molecule has 52 valence electrons. The average molecular weight is 154 g/mol. The van der Waals surface area contributed by atoms with E-state index in [-0.39, 0.29) is 0 Å². The van der Waals surface area contributed by atoms with Crippen LogP contribution in [0.1, 0.15) is 5.56 Å². The molecule has 0 aliphatic rings. The molecule has 0 aliphatic heterocycles. The molecule has 0 saturated carbocycles. The molecule has 0 aromatic carbocycles. The number of hydrogen-bond donors (Lipinski definition) is 0. The zero-order valence-corrected chi connectivity index (χ0v) is 6.06. The zero-order valence-electron chi connectivity index (χ0n) is 5.24. The first-order chi connectivity index (χ1) is 4.84. The van der Waals surface area contributed by atoms with Gasteiger partial charge in [-0.05, 0) is 18.3 Å². The summed E-state index contributed by atoms with van der Waals surface area (Å²) in [6.07, 6.45) is 4.34. The van der Waals surface area contributed by atoms with E-state index in [1.807, 2.05) is 0 Å². The Morgan fingerprint density at radius 1 is 1.80 bits per heavy atom. The molecule has 2 nitrogen and oxygen atoms in total. The molecule has 3 heteroatoms. The maximum Gasteiger partial charge on any atom is 0.200 e. The SMILES string of the molecule is C=COC(=S)c1ccoc1. The Labute approximate surface area is 64.1 Å². The van der Waals surface area contributed by atoms with Gasteiger partial charge in [0.2, 0.25) is 0 Å². The first-order valence-electron chi connectivity index (χ1n) is 2.68. The molecule has 0 amide bonds. The van der Waals surface area contributed by atoms with Crippen molar-refractivity contribution in [2.24, 2.45) is 0 Å². The maximum atomic E-state index is 4.82. The van der Waals surface area contributed by atoms with Crippen molar-refractivity contribution in [3.63, 3.8) is 0 Å². The standard InChI is InChI=1S/C7H6O2S/c1-2-9-7(10)6-3-4-8-5-6/h2-5H,1H2. The van der Waals surface area contributed by atoms with E-state index in [4.69, 9.17) is 21.4 Å². The normalized spacial score (nSPS) is 8.80. The molecule has 0 bridgehead atoms. The molecule has 0 atom stereocenters. The van der Waals surface area contributed by atoms with Crippen LogP contribution in [0.5, 0.6) is 0 Å². The van der Waals surface area contributed by atoms with Gasteiger partial charge in [-0.3, -0.25) is 0 Å². The van der Waals surface area contributed by atoms with Crippen LogP contribution < -0.4 is 0 Å². The number of ether oxygens (including phenoxy) is 1. The summed E-state index contributed by atoms with van der Waals surface area (Å²) in [5.74, 6) is 0. The lowest BCUT2D eigenvalue weighted by Gasteiger charge is -1.95. The van der Waals surface area contributed by atoms with Crippen LogP contribution in [0.15, 0.2) is 35.9 Å². The van der Waals surface area contributed by atoms with Crippen molar-refractivity contribution in [2.45, 2.75) is 0 Å². The predicted molar refractivity (Wildman–Crippen MR) is 41.7 cm³/mol. The Morgan fingerprint density at radius 2 is 2.60 bits per heavy atom. The Balaban J connectivity index is 2.68. The molecule has 0 unspecified atom stereocenters. The summed E-state index contributed by atoms with van der Waals surface area (Å²) in [4.78, 5) is 0. The molecule has 1 aromatic rings. The summed E-state index contributed by atoms with van der Waals surface area (Å²) in [7, 11) is 0. The average Bonchev–Trinajstić information content (AvgIpc) is 2.38. The van der Waals surface area contributed by atoms with Gasteiger partial charge in [0.25, 0.3) is 0 Å². The monoisotopic (exact) mass is 154 g/mol. The minimum absolute atomic E-state index is 0.378. The van der Waals surface area contributed by atoms with Crippen LogP contribution >= 0.6 is 12.2 Å². The molecule has 0 aliphatic carbocycles. The van der Waals surface area contributed by atoms with Crippen LogP contribution in [0.4, 0.5) is 0 Å². The third-order valence-electron chi connectivity index (χ3n) is 0.947. The van der Waals surface area contributed by atoms with E-state index in [9.17, 15) is 0 Å². The van der Waals surface area contributed by atoms with Crippen molar-refractivity contribution >= 4 is 17.3 Å². The fourth-order valence-corrected chi connectivity index (χ4v) is 0.709. The topological polar surface area (TPSA) is 22.4 Å². The number of hydrogen-bond acceptors (Lipinski definition) is 3. The van der Waals surface area contributed by atoms with E-state index in [0.29, 0.717) is 5.05 Å². The third-order valence-corrected chi connectivity index (χ3v) is 1.28. The van der Waals surface area contributed by atoms with Gasteiger partial charge in [-0.1, -0.05) is 6.58 Å². The largest absolute Gasteiger partial charge is 0.472 e. The smallest absolute Gasteiger partial charge is 0.200 e. The van der Waals surface area contributed by atoms with Gasteiger partial charge in [-0.25, -0.2) is 0 Å². The van der Waals surface area contributed by atoms with Gasteiger partial charge in [0.05, 0.1) is 18.1 Å². The first-order valence-corrected chi connectivity index (χ1v) is 3.09. The van der Waals surface area contributed by atoms with E-state index in [1.54, 1.807) is 6.07 Å². The van der Waals surface area contributed by atoms with Gasteiger partial charge < -0.3 is 9.15 Å². The molecule has 0 saturated heterocycles. The lowest BCUT2D eigenvalue weighted by Crippen LogP contribution is -1.95. The summed E-state index contributed by atoms with van der Waals surface area (Å²) in [5.41, 5.74) is 0.759. The summed E-state index contributed by atoms with van der Waals surface area (Å²) >= 11 is 4.82. The zero-order chi connectivity index (χ0) is 7.40. The third kappa shape index (κ3) is 1.45. The van der Waals surface area contributed by atoms with Gasteiger partial charge in [0.1, 0.15) is 6.26 Å². The summed E-state index contributed by atoms with van der Waals surface area (Å²) in [6, 6.07) is 1.73. The van der Waals surface area contributed by atoms with Crippen molar-refractivity contribution in [2.75, 3.05) is 0 Å². The van der Waals surface area contributed by atoms with Gasteiger partial charge in [0.15, 0.2) is 5.05 Å². The highest BCUT2D eigenvalue weighted by molar-refractivity contribution is 7.80. The minimum atomic E-state index is 0.378. The molecule has 0 fully saturated rings. The Morgan fingerprint density at radius 3 is 3.10 bits per heavy atom. The molecule has 0 N–H and O–H groups in total. The molecule has 0 radical (unpaired) electrons. The van der Waals surface area contributed by atoms with Crippen LogP contribution in [0, 0.1) is 0 Å². The summed E-state index contributed by atoms with van der Waals surface area (Å²) in [6.45, 7) is 3.37. The second-order valence-electron chi connectivity index (χ2n) is 1.58. The van der Waals surface area contributed by atoms with Crippen molar-refractivity contribution in [1.82, 2.24) is 0 Å². The fourth-order valence-electron chi connectivity index (χ4n) is 0.524. The number of rotatable bonds is 2. The molecule has 1 aromatic heterocycles. The van der Waals surface area contributed by atoms with E-state index >= 15 is 0 Å². The van der Waals surface area contributed by atoms with E-state index < -0.39 is 0 Å². The molecular formula is C7H6O2S. The Bertz CT molecular complexity index is 226. The molecule has 0 spiro atoms. The van der Waals surface area contributed by atoms with Crippen molar-refractivity contribution in [3.05, 3.63) is 37.0 Å². The molecule has 1 heterocycles. The van der Waals surface area contributed by atoms with Crippen LogP contribution in [0.2, 0.25) is 0 Å². The van der Waals surface area contributed by atoms with E-state index in [0.717, 1.165) is 5.56 Å². The summed E-state index contributed by atoms with van der Waals surface area (Å²) < 4.78 is 9.60. The van der Waals surface area contributed by atoms with Crippen molar-refractivity contribution in [1.29, 1.82) is 0 Å². The molecule has 1 rings (SSSR count). The fraction of sp³-hybridized carbons (Fsp3) is 0. The maximum absolute atomic E-state index is 4.82. The second kappa shape index (κ2) is 3.17. The highest BCUT2D eigenvalue weighted by atomic mass is 32.1. The highest BCUT2D eigenvalue weighted by Gasteiger charge is 1.99. The van der Waals surface area contributed by atoms with Gasteiger partial charge >= 0.3 is 0 Å². The lowest BCUT2D eigenvalue weighted by atomic mass is 10.4. The van der Waals surface area contributed by atoms with Gasteiger partial charge in [-0.15, -0.1) is 0 Å². The van der Waals surface area contributed by atoms with E-state index in [1.165, 1.54) is 18.8 Å². The van der Waals surface area contributed by atoms with Gasteiger partial charge in [-0.2, -0.15) is 0 Å².